The van der Waals surface area contributed by atoms with Crippen molar-refractivity contribution in [1.29, 1.82) is 0 Å². The second kappa shape index (κ2) is 6.72. The van der Waals surface area contributed by atoms with Crippen molar-refractivity contribution in [2.75, 3.05) is 5.32 Å². The molecule has 0 atom stereocenters. The molecule has 0 spiro atoms. The lowest BCUT2D eigenvalue weighted by Crippen LogP contribution is -2.40. The molecule has 130 valence electrons. The lowest BCUT2D eigenvalue weighted by atomic mass is 10.1. The Labute approximate surface area is 151 Å². The van der Waals surface area contributed by atoms with Crippen molar-refractivity contribution in [3.8, 4) is 0 Å². The highest BCUT2D eigenvalue weighted by Gasteiger charge is 2.31. The molecule has 2 heterocycles. The highest BCUT2D eigenvalue weighted by Crippen LogP contribution is 2.20. The number of carbonyl (C=O) groups is 1. The zero-order valence-electron chi connectivity index (χ0n) is 14.4. The molecule has 7 heteroatoms. The number of rotatable bonds is 5. The molecule has 1 amide bonds. The van der Waals surface area contributed by atoms with Crippen LogP contribution in [0.25, 0.3) is 0 Å². The van der Waals surface area contributed by atoms with E-state index >= 15 is 0 Å². The van der Waals surface area contributed by atoms with Gasteiger partial charge in [-0.1, -0.05) is 41.4 Å². The summed E-state index contributed by atoms with van der Waals surface area (Å²) in [4.78, 5) is 12.6. The molecule has 2 aromatic heterocycles. The molecule has 0 unspecified atom stereocenters. The van der Waals surface area contributed by atoms with Crippen LogP contribution in [-0.4, -0.2) is 25.5 Å². The van der Waals surface area contributed by atoms with Gasteiger partial charge >= 0.3 is 0 Å². The highest BCUT2D eigenvalue weighted by molar-refractivity contribution is 6.30. The summed E-state index contributed by atoms with van der Waals surface area (Å²) >= 11 is 5.89. The Morgan fingerprint density at radius 3 is 2.72 bits per heavy atom. The first-order valence-corrected chi connectivity index (χ1v) is 8.32. The van der Waals surface area contributed by atoms with Gasteiger partial charge in [-0.2, -0.15) is 10.2 Å². The normalized spacial score (nSPS) is 11.5. The van der Waals surface area contributed by atoms with E-state index in [-0.39, 0.29) is 5.91 Å². The molecule has 0 saturated carbocycles. The number of hydrogen-bond donors (Lipinski definition) is 1. The van der Waals surface area contributed by atoms with E-state index in [1.54, 1.807) is 35.6 Å². The number of benzene rings is 1. The Morgan fingerprint density at radius 2 is 2.04 bits per heavy atom. The maximum Gasteiger partial charge on any atom is 0.251 e. The van der Waals surface area contributed by atoms with Crippen molar-refractivity contribution in [2.24, 2.45) is 0 Å². The van der Waals surface area contributed by atoms with Crippen LogP contribution in [0.15, 0.2) is 49.1 Å². The number of carbonyl (C=O) groups excluding carboxylic acids is 1. The van der Waals surface area contributed by atoms with Crippen LogP contribution >= 0.6 is 11.6 Å². The molecule has 0 aliphatic rings. The summed E-state index contributed by atoms with van der Waals surface area (Å²) in [7, 11) is 0. The predicted molar refractivity (Wildman–Crippen MR) is 97.7 cm³/mol. The van der Waals surface area contributed by atoms with Gasteiger partial charge in [-0.15, -0.1) is 0 Å². The molecule has 0 bridgehead atoms. The minimum Gasteiger partial charge on any atom is -0.321 e. The van der Waals surface area contributed by atoms with Gasteiger partial charge in [-0.25, -0.2) is 0 Å². The van der Waals surface area contributed by atoms with E-state index in [0.29, 0.717) is 17.3 Å². The minimum absolute atomic E-state index is 0.192. The average molecular weight is 358 g/mol. The second-order valence-corrected chi connectivity index (χ2v) is 6.97. The van der Waals surface area contributed by atoms with Gasteiger partial charge in [-0.05, 0) is 26.3 Å². The van der Waals surface area contributed by atoms with Crippen LogP contribution < -0.4 is 5.32 Å². The minimum atomic E-state index is -0.869. The van der Waals surface area contributed by atoms with E-state index in [2.05, 4.69) is 40.6 Å². The van der Waals surface area contributed by atoms with Gasteiger partial charge in [0.2, 0.25) is 0 Å². The van der Waals surface area contributed by atoms with Gasteiger partial charge in [-0.3, -0.25) is 14.2 Å². The van der Waals surface area contributed by atoms with Crippen LogP contribution in [0.4, 0.5) is 5.69 Å². The zero-order valence-corrected chi connectivity index (χ0v) is 15.2. The molecule has 0 aliphatic heterocycles. The van der Waals surface area contributed by atoms with E-state index < -0.39 is 5.54 Å². The SMILES string of the molecule is Cc1cccc(Cn2cc(NC(=O)C(C)(C)n3cc(Cl)cn3)cn2)c1. The van der Waals surface area contributed by atoms with Crippen LogP contribution in [0.1, 0.15) is 25.0 Å². The average Bonchev–Trinajstić information content (AvgIpc) is 3.17. The van der Waals surface area contributed by atoms with Crippen molar-refractivity contribution >= 4 is 23.2 Å². The lowest BCUT2D eigenvalue weighted by Gasteiger charge is -2.23. The number of nitrogens with one attached hydrogen (secondary N) is 1. The van der Waals surface area contributed by atoms with E-state index in [1.807, 2.05) is 12.3 Å². The Kier molecular flexibility index (Phi) is 4.63. The van der Waals surface area contributed by atoms with E-state index in [4.69, 9.17) is 11.6 Å². The fourth-order valence-corrected chi connectivity index (χ4v) is 2.64. The smallest absolute Gasteiger partial charge is 0.251 e. The summed E-state index contributed by atoms with van der Waals surface area (Å²) in [6.07, 6.45) is 6.59. The van der Waals surface area contributed by atoms with Gasteiger partial charge in [0.1, 0.15) is 5.54 Å². The number of hydrogen-bond acceptors (Lipinski definition) is 3. The summed E-state index contributed by atoms with van der Waals surface area (Å²) in [5.41, 5.74) is 2.14. The molecule has 3 rings (SSSR count). The summed E-state index contributed by atoms with van der Waals surface area (Å²) < 4.78 is 3.34. The summed E-state index contributed by atoms with van der Waals surface area (Å²) in [5.74, 6) is -0.192. The molecule has 6 nitrogen and oxygen atoms in total. The largest absolute Gasteiger partial charge is 0.321 e. The fourth-order valence-electron chi connectivity index (χ4n) is 2.51. The highest BCUT2D eigenvalue weighted by atomic mass is 35.5. The Morgan fingerprint density at radius 1 is 1.24 bits per heavy atom. The third-order valence-electron chi connectivity index (χ3n) is 4.00. The number of halogens is 1. The van der Waals surface area contributed by atoms with Gasteiger partial charge in [0.15, 0.2) is 0 Å². The molecule has 1 aromatic carbocycles. The number of nitrogens with zero attached hydrogens (tertiary/aromatic N) is 4. The molecule has 0 aliphatic carbocycles. The van der Waals surface area contributed by atoms with Crippen molar-refractivity contribution < 1.29 is 4.79 Å². The number of aromatic nitrogens is 4. The first-order chi connectivity index (χ1) is 11.8. The van der Waals surface area contributed by atoms with Gasteiger partial charge < -0.3 is 5.32 Å². The maximum absolute atomic E-state index is 12.6. The van der Waals surface area contributed by atoms with Crippen LogP contribution in [0, 0.1) is 6.92 Å². The quantitative estimate of drug-likeness (QED) is 0.760. The van der Waals surface area contributed by atoms with E-state index in [1.165, 1.54) is 11.8 Å². The predicted octanol–water partition coefficient (Wildman–Crippen LogP) is 3.46. The second-order valence-electron chi connectivity index (χ2n) is 6.53. The Bertz CT molecular complexity index is 896. The van der Waals surface area contributed by atoms with Crippen molar-refractivity contribution in [2.45, 2.75) is 32.9 Å². The van der Waals surface area contributed by atoms with Crippen LogP contribution in [-0.2, 0) is 16.9 Å². The first kappa shape index (κ1) is 17.2. The monoisotopic (exact) mass is 357 g/mol. The van der Waals surface area contributed by atoms with Gasteiger partial charge in [0, 0.05) is 12.4 Å². The van der Waals surface area contributed by atoms with E-state index in [0.717, 1.165) is 5.56 Å². The van der Waals surface area contributed by atoms with Crippen LogP contribution in [0.2, 0.25) is 5.02 Å². The third kappa shape index (κ3) is 3.91. The van der Waals surface area contributed by atoms with Gasteiger partial charge in [0.05, 0.1) is 29.6 Å². The number of aryl methyl sites for hydroxylation is 1. The summed E-state index contributed by atoms with van der Waals surface area (Å²) in [6.45, 7) is 6.27. The number of amides is 1. The molecule has 0 radical (unpaired) electrons. The van der Waals surface area contributed by atoms with E-state index in [9.17, 15) is 4.79 Å². The standard InChI is InChI=1S/C18H20ClN5O/c1-13-5-4-6-14(7-13)10-23-12-16(9-20-23)22-17(25)18(2,3)24-11-15(19)8-21-24/h4-9,11-12H,10H2,1-3H3,(H,22,25). The number of anilines is 1. The third-order valence-corrected chi connectivity index (χ3v) is 4.19. The maximum atomic E-state index is 12.6. The Balaban J connectivity index is 1.69. The first-order valence-electron chi connectivity index (χ1n) is 7.95. The molecular weight excluding hydrogens is 338 g/mol. The van der Waals surface area contributed by atoms with Crippen LogP contribution in [0.5, 0.6) is 0 Å². The van der Waals surface area contributed by atoms with Gasteiger partial charge in [0.25, 0.3) is 5.91 Å². The topological polar surface area (TPSA) is 64.7 Å². The molecule has 1 N–H and O–H groups in total. The summed E-state index contributed by atoms with van der Waals surface area (Å²) in [6, 6.07) is 8.25. The zero-order chi connectivity index (χ0) is 18.0. The summed E-state index contributed by atoms with van der Waals surface area (Å²) in [5, 5.41) is 11.8. The molecule has 0 saturated heterocycles. The van der Waals surface area contributed by atoms with Crippen LogP contribution in [0.3, 0.4) is 0 Å². The fraction of sp³-hybridized carbons (Fsp3) is 0.278. The lowest BCUT2D eigenvalue weighted by molar-refractivity contribution is -0.123. The Hall–Kier alpha value is -2.60. The molecule has 3 aromatic rings. The van der Waals surface area contributed by atoms with Crippen molar-refractivity contribution in [3.63, 3.8) is 0 Å². The molecule has 0 fully saturated rings. The molecular formula is C18H20ClN5O. The molecule has 25 heavy (non-hydrogen) atoms. The van der Waals surface area contributed by atoms with Crippen molar-refractivity contribution in [1.82, 2.24) is 19.6 Å². The van der Waals surface area contributed by atoms with Crippen molar-refractivity contribution in [3.05, 3.63) is 65.2 Å².